The standard InChI is InChI=1S/C21H37NO15/c1-6-16(32-3)14(29)15(30)20(33-6)37-18-13(28)11(26)8(4-23)35-21(18)36-17-9(5-24)34-19(31)10(12(17)27)22-7(2)25/h6,8-21,23-24,26-31H,4-5H2,1-3H3,(H,22,25)/t6-,8+,9+,10+,11-,12+,13-,14-,15-,16+,17+,18+,19?,20-,21-/m0/s1. The molecule has 1 amide bonds. The molecule has 216 valence electrons. The van der Waals surface area contributed by atoms with E-state index in [-0.39, 0.29) is 0 Å². The molecule has 0 aromatic carbocycles. The summed E-state index contributed by atoms with van der Waals surface area (Å²) in [4.78, 5) is 11.5. The number of rotatable bonds is 8. The van der Waals surface area contributed by atoms with E-state index in [0.717, 1.165) is 6.92 Å². The number of hydrogen-bond acceptors (Lipinski definition) is 15. The SMILES string of the molecule is CO[C@H]1[C@@H](O)[C@H](O)[C@H](O[C@H]2[C@H](O[C@H]3[C@H](O)[C@@H](NC(C)=O)C(O)O[C@@H]3CO)O[C@H](CO)[C@H](O)[C@@H]2O)O[C@H]1C. The Kier molecular flexibility index (Phi) is 10.6. The quantitative estimate of drug-likeness (QED) is 0.138. The second kappa shape index (κ2) is 12.8. The average Bonchev–Trinajstić information content (AvgIpc) is 2.85. The first-order chi connectivity index (χ1) is 17.4. The molecular weight excluding hydrogens is 506 g/mol. The molecular formula is C21H37NO15. The van der Waals surface area contributed by atoms with E-state index >= 15 is 0 Å². The van der Waals surface area contributed by atoms with Crippen molar-refractivity contribution < 1.29 is 74.1 Å². The summed E-state index contributed by atoms with van der Waals surface area (Å²) in [7, 11) is 1.32. The Morgan fingerprint density at radius 2 is 1.35 bits per heavy atom. The van der Waals surface area contributed by atoms with Crippen LogP contribution in [0, 0.1) is 0 Å². The highest BCUT2D eigenvalue weighted by atomic mass is 16.8. The Morgan fingerprint density at radius 1 is 0.757 bits per heavy atom. The molecule has 9 N–H and O–H groups in total. The van der Waals surface area contributed by atoms with Gasteiger partial charge in [0.1, 0.15) is 67.1 Å². The highest BCUT2D eigenvalue weighted by Gasteiger charge is 2.53. The number of carbonyl (C=O) groups excluding carboxylic acids is 1. The summed E-state index contributed by atoms with van der Waals surface area (Å²) in [6, 6.07) is -1.37. The van der Waals surface area contributed by atoms with E-state index in [4.69, 9.17) is 28.4 Å². The lowest BCUT2D eigenvalue weighted by Crippen LogP contribution is -2.68. The van der Waals surface area contributed by atoms with Crippen molar-refractivity contribution in [2.75, 3.05) is 20.3 Å². The van der Waals surface area contributed by atoms with Gasteiger partial charge in [-0.1, -0.05) is 0 Å². The van der Waals surface area contributed by atoms with Gasteiger partial charge in [-0.3, -0.25) is 4.79 Å². The molecule has 0 aliphatic carbocycles. The van der Waals surface area contributed by atoms with Gasteiger partial charge in [-0.15, -0.1) is 0 Å². The minimum absolute atomic E-state index is 0.604. The normalized spacial score (nSPS) is 49.0. The van der Waals surface area contributed by atoms with E-state index in [1.807, 2.05) is 0 Å². The van der Waals surface area contributed by atoms with Gasteiger partial charge in [0, 0.05) is 14.0 Å². The Labute approximate surface area is 212 Å². The van der Waals surface area contributed by atoms with Crippen LogP contribution in [0.3, 0.4) is 0 Å². The third-order valence-electron chi connectivity index (χ3n) is 6.70. The fourth-order valence-corrected chi connectivity index (χ4v) is 4.71. The van der Waals surface area contributed by atoms with E-state index in [9.17, 15) is 45.6 Å². The van der Waals surface area contributed by atoms with Gasteiger partial charge in [0.15, 0.2) is 18.9 Å². The van der Waals surface area contributed by atoms with Crippen LogP contribution in [0.4, 0.5) is 0 Å². The number of ether oxygens (including phenoxy) is 6. The van der Waals surface area contributed by atoms with Crippen LogP contribution in [0.1, 0.15) is 13.8 Å². The maximum absolute atomic E-state index is 11.5. The lowest BCUT2D eigenvalue weighted by molar-refractivity contribution is -0.382. The number of aliphatic hydroxyl groups is 8. The first-order valence-electron chi connectivity index (χ1n) is 11.8. The molecule has 15 atom stereocenters. The summed E-state index contributed by atoms with van der Waals surface area (Å²) in [5, 5.41) is 84.7. The predicted octanol–water partition coefficient (Wildman–Crippen LogP) is -5.75. The van der Waals surface area contributed by atoms with Gasteiger partial charge in [0.25, 0.3) is 0 Å². The second-order valence-electron chi connectivity index (χ2n) is 9.26. The molecule has 16 heteroatoms. The summed E-state index contributed by atoms with van der Waals surface area (Å²) in [5.74, 6) is -0.604. The molecule has 3 saturated heterocycles. The molecule has 0 aromatic heterocycles. The molecule has 37 heavy (non-hydrogen) atoms. The molecule has 3 heterocycles. The average molecular weight is 544 g/mol. The molecule has 0 radical (unpaired) electrons. The van der Waals surface area contributed by atoms with E-state index in [0.29, 0.717) is 0 Å². The van der Waals surface area contributed by atoms with Crippen LogP contribution in [0.25, 0.3) is 0 Å². The Morgan fingerprint density at radius 3 is 1.92 bits per heavy atom. The van der Waals surface area contributed by atoms with Gasteiger partial charge in [-0.05, 0) is 6.92 Å². The summed E-state index contributed by atoms with van der Waals surface area (Å²) in [6.07, 6.45) is -20.6. The molecule has 3 fully saturated rings. The highest BCUT2D eigenvalue weighted by molar-refractivity contribution is 5.73. The number of methoxy groups -OCH3 is 1. The van der Waals surface area contributed by atoms with Crippen LogP contribution in [-0.4, -0.2) is 159 Å². The van der Waals surface area contributed by atoms with Crippen LogP contribution in [0.15, 0.2) is 0 Å². The van der Waals surface area contributed by atoms with E-state index < -0.39 is 111 Å². The Hall–Kier alpha value is -1.09. The van der Waals surface area contributed by atoms with Gasteiger partial charge in [-0.2, -0.15) is 0 Å². The summed E-state index contributed by atoms with van der Waals surface area (Å²) in [6.45, 7) is 1.20. The predicted molar refractivity (Wildman–Crippen MR) is 116 cm³/mol. The Bertz CT molecular complexity index is 747. The van der Waals surface area contributed by atoms with E-state index in [1.165, 1.54) is 7.11 Å². The highest BCUT2D eigenvalue weighted by Crippen LogP contribution is 2.33. The van der Waals surface area contributed by atoms with Crippen molar-refractivity contribution in [1.29, 1.82) is 0 Å². The number of hydrogen-bond donors (Lipinski definition) is 9. The maximum Gasteiger partial charge on any atom is 0.217 e. The topological polar surface area (TPSA) is 246 Å². The van der Waals surface area contributed by atoms with Crippen LogP contribution >= 0.6 is 0 Å². The van der Waals surface area contributed by atoms with Crippen molar-refractivity contribution in [1.82, 2.24) is 5.32 Å². The fourth-order valence-electron chi connectivity index (χ4n) is 4.71. The van der Waals surface area contributed by atoms with Gasteiger partial charge in [0.05, 0.1) is 19.3 Å². The molecule has 3 aliphatic rings. The van der Waals surface area contributed by atoms with Crippen LogP contribution in [0.5, 0.6) is 0 Å². The fraction of sp³-hybridized carbons (Fsp3) is 0.952. The summed E-state index contributed by atoms with van der Waals surface area (Å²) in [5.41, 5.74) is 0. The lowest BCUT2D eigenvalue weighted by atomic mass is 9.95. The summed E-state index contributed by atoms with van der Waals surface area (Å²) >= 11 is 0. The van der Waals surface area contributed by atoms with Crippen molar-refractivity contribution in [2.24, 2.45) is 0 Å². The van der Waals surface area contributed by atoms with Crippen molar-refractivity contribution in [3.05, 3.63) is 0 Å². The number of nitrogens with one attached hydrogen (secondary N) is 1. The Balaban J connectivity index is 1.85. The lowest BCUT2D eigenvalue weighted by Gasteiger charge is -2.48. The van der Waals surface area contributed by atoms with Crippen LogP contribution < -0.4 is 5.32 Å². The minimum Gasteiger partial charge on any atom is -0.394 e. The van der Waals surface area contributed by atoms with Crippen LogP contribution in [0.2, 0.25) is 0 Å². The molecule has 0 aromatic rings. The maximum atomic E-state index is 11.5. The minimum atomic E-state index is -1.79. The molecule has 0 saturated carbocycles. The van der Waals surface area contributed by atoms with E-state index in [2.05, 4.69) is 5.32 Å². The number of aliphatic hydroxyl groups excluding tert-OH is 8. The first kappa shape index (κ1) is 30.5. The van der Waals surface area contributed by atoms with Gasteiger partial charge >= 0.3 is 0 Å². The van der Waals surface area contributed by atoms with Crippen molar-refractivity contribution in [3.63, 3.8) is 0 Å². The van der Waals surface area contributed by atoms with Crippen molar-refractivity contribution in [3.8, 4) is 0 Å². The number of amides is 1. The molecule has 3 aliphatic heterocycles. The second-order valence-corrected chi connectivity index (χ2v) is 9.26. The van der Waals surface area contributed by atoms with Gasteiger partial charge < -0.3 is 74.6 Å². The van der Waals surface area contributed by atoms with Crippen molar-refractivity contribution >= 4 is 5.91 Å². The van der Waals surface area contributed by atoms with E-state index in [1.54, 1.807) is 6.92 Å². The molecule has 0 bridgehead atoms. The molecule has 16 nitrogen and oxygen atoms in total. The number of carbonyl (C=O) groups is 1. The monoisotopic (exact) mass is 543 g/mol. The molecule has 3 rings (SSSR count). The molecule has 0 spiro atoms. The zero-order valence-electron chi connectivity index (χ0n) is 20.5. The van der Waals surface area contributed by atoms with Crippen molar-refractivity contribution in [2.45, 2.75) is 106 Å². The van der Waals surface area contributed by atoms with Gasteiger partial charge in [0.2, 0.25) is 5.91 Å². The largest absolute Gasteiger partial charge is 0.394 e. The summed E-state index contributed by atoms with van der Waals surface area (Å²) < 4.78 is 33.0. The zero-order chi connectivity index (χ0) is 27.6. The van der Waals surface area contributed by atoms with Gasteiger partial charge in [-0.25, -0.2) is 0 Å². The first-order valence-corrected chi connectivity index (χ1v) is 11.8. The third-order valence-corrected chi connectivity index (χ3v) is 6.70. The zero-order valence-corrected chi connectivity index (χ0v) is 20.5. The molecule has 1 unspecified atom stereocenters. The third kappa shape index (κ3) is 6.39. The van der Waals surface area contributed by atoms with Crippen LogP contribution in [-0.2, 0) is 33.2 Å². The smallest absolute Gasteiger partial charge is 0.217 e.